The first-order valence-corrected chi connectivity index (χ1v) is 9.18. The summed E-state index contributed by atoms with van der Waals surface area (Å²) in [6.45, 7) is 6.09. The summed E-state index contributed by atoms with van der Waals surface area (Å²) >= 11 is 1.45. The summed E-state index contributed by atoms with van der Waals surface area (Å²) in [5.74, 6) is -0.480. The predicted molar refractivity (Wildman–Crippen MR) is 98.5 cm³/mol. The molecule has 8 heteroatoms. The molecule has 2 rings (SSSR count). The van der Waals surface area contributed by atoms with Crippen LogP contribution in [0.15, 0.2) is 29.3 Å². The maximum absolute atomic E-state index is 11.9. The van der Waals surface area contributed by atoms with E-state index in [2.05, 4.69) is 23.6 Å². The predicted octanol–water partition coefficient (Wildman–Crippen LogP) is 2.68. The Morgan fingerprint density at radius 2 is 2.00 bits per heavy atom. The summed E-state index contributed by atoms with van der Waals surface area (Å²) in [6, 6.07) is 6.27. The number of esters is 1. The topological polar surface area (TPSA) is 94.4 Å². The molecule has 0 aromatic heterocycles. The smallest absolute Gasteiger partial charge is 0.327 e. The average molecular weight is 381 g/mol. The maximum atomic E-state index is 11.9. The summed E-state index contributed by atoms with van der Waals surface area (Å²) in [6.07, 6.45) is -0.216. The van der Waals surface area contributed by atoms with E-state index in [1.165, 1.54) is 30.8 Å². The van der Waals surface area contributed by atoms with Crippen LogP contribution in [-0.4, -0.2) is 48.0 Å². The highest BCUT2D eigenvalue weighted by Gasteiger charge is 2.44. The molecule has 26 heavy (non-hydrogen) atoms. The molecular formula is C18H23NO6S. The maximum Gasteiger partial charge on any atom is 0.327 e. The Hall–Kier alpha value is -2.06. The van der Waals surface area contributed by atoms with Crippen molar-refractivity contribution in [2.75, 3.05) is 19.5 Å². The van der Waals surface area contributed by atoms with Crippen LogP contribution in [-0.2, 0) is 24.5 Å². The van der Waals surface area contributed by atoms with Gasteiger partial charge in [-0.25, -0.2) is 4.99 Å². The van der Waals surface area contributed by atoms with Gasteiger partial charge in [0.15, 0.2) is 11.6 Å². The van der Waals surface area contributed by atoms with Crippen LogP contribution in [0.5, 0.6) is 5.75 Å². The van der Waals surface area contributed by atoms with E-state index >= 15 is 0 Å². The molecule has 7 nitrogen and oxygen atoms in total. The number of benzene rings is 1. The van der Waals surface area contributed by atoms with Crippen LogP contribution in [0.3, 0.4) is 0 Å². The fraction of sp³-hybridized carbons (Fsp3) is 0.500. The number of hydrogen-bond donors (Lipinski definition) is 1. The molecule has 0 saturated carbocycles. The zero-order valence-corrected chi connectivity index (χ0v) is 16.0. The fourth-order valence-corrected chi connectivity index (χ4v) is 3.07. The lowest BCUT2D eigenvalue weighted by Crippen LogP contribution is -2.41. The van der Waals surface area contributed by atoms with Crippen LogP contribution >= 0.6 is 11.8 Å². The van der Waals surface area contributed by atoms with Crippen LogP contribution in [0, 0.1) is 5.92 Å². The number of carbonyl (C=O) groups is 2. The molecule has 1 aliphatic heterocycles. The number of carbonyl (C=O) groups excluding carboxylic acids is 1. The van der Waals surface area contributed by atoms with E-state index in [1.807, 2.05) is 0 Å². The molecule has 1 aromatic rings. The highest BCUT2D eigenvalue weighted by molar-refractivity contribution is 8.13. The number of hydrogen-bond acceptors (Lipinski definition) is 7. The van der Waals surface area contributed by atoms with Crippen LogP contribution in [0.1, 0.15) is 26.3 Å². The second-order valence-electron chi connectivity index (χ2n) is 6.44. The van der Waals surface area contributed by atoms with Crippen molar-refractivity contribution in [2.45, 2.75) is 32.4 Å². The van der Waals surface area contributed by atoms with Gasteiger partial charge in [-0.2, -0.15) is 0 Å². The van der Waals surface area contributed by atoms with Gasteiger partial charge >= 0.3 is 11.9 Å². The van der Waals surface area contributed by atoms with Gasteiger partial charge in [-0.15, -0.1) is 0 Å². The number of thioether (sulfide) groups is 1. The number of ether oxygens (including phenoxy) is 3. The van der Waals surface area contributed by atoms with Gasteiger partial charge in [-0.3, -0.25) is 9.59 Å². The summed E-state index contributed by atoms with van der Waals surface area (Å²) in [5, 5.41) is 9.94. The van der Waals surface area contributed by atoms with E-state index in [0.717, 1.165) is 7.11 Å². The van der Waals surface area contributed by atoms with E-state index in [4.69, 9.17) is 9.47 Å². The number of rotatable bonds is 7. The summed E-state index contributed by atoms with van der Waals surface area (Å²) in [5.41, 5.74) is -1.47. The van der Waals surface area contributed by atoms with E-state index < -0.39 is 17.4 Å². The van der Waals surface area contributed by atoms with Gasteiger partial charge in [0.2, 0.25) is 0 Å². The minimum Gasteiger partial charge on any atom is -0.480 e. The Morgan fingerprint density at radius 3 is 2.54 bits per heavy atom. The first kappa shape index (κ1) is 20.3. The summed E-state index contributed by atoms with van der Waals surface area (Å²) in [7, 11) is 1.16. The number of carboxylic acids is 1. The highest BCUT2D eigenvalue weighted by atomic mass is 32.2. The third-order valence-electron chi connectivity index (χ3n) is 3.88. The first-order valence-electron chi connectivity index (χ1n) is 8.19. The summed E-state index contributed by atoms with van der Waals surface area (Å²) < 4.78 is 16.0. The van der Waals surface area contributed by atoms with Crippen LogP contribution in [0.4, 0.5) is 0 Å². The molecule has 0 bridgehead atoms. The van der Waals surface area contributed by atoms with E-state index in [1.54, 1.807) is 12.1 Å². The lowest BCUT2D eigenvalue weighted by Gasteiger charge is -2.22. The monoisotopic (exact) mass is 381 g/mol. The van der Waals surface area contributed by atoms with Crippen LogP contribution in [0.25, 0.3) is 0 Å². The zero-order chi connectivity index (χ0) is 19.3. The molecule has 0 aliphatic carbocycles. The molecule has 0 radical (unpaired) electrons. The molecule has 1 heterocycles. The van der Waals surface area contributed by atoms with Gasteiger partial charge in [-0.05, 0) is 30.5 Å². The van der Waals surface area contributed by atoms with Gasteiger partial charge in [0.1, 0.15) is 5.75 Å². The number of aliphatic imine (C=N–C) groups is 1. The van der Waals surface area contributed by atoms with Crippen molar-refractivity contribution in [1.82, 2.24) is 0 Å². The molecule has 0 amide bonds. The molecule has 0 saturated heterocycles. The minimum atomic E-state index is -1.78. The van der Waals surface area contributed by atoms with E-state index in [9.17, 15) is 14.7 Å². The van der Waals surface area contributed by atoms with E-state index in [0.29, 0.717) is 34.8 Å². The second-order valence-corrected chi connectivity index (χ2v) is 7.41. The Morgan fingerprint density at radius 1 is 1.35 bits per heavy atom. The first-order chi connectivity index (χ1) is 12.3. The van der Waals surface area contributed by atoms with Crippen LogP contribution in [0.2, 0.25) is 0 Å². The lowest BCUT2D eigenvalue weighted by atomic mass is 9.82. The van der Waals surface area contributed by atoms with Crippen molar-refractivity contribution >= 4 is 28.9 Å². The quantitative estimate of drug-likeness (QED) is 0.573. The molecule has 0 spiro atoms. The van der Waals surface area contributed by atoms with E-state index in [-0.39, 0.29) is 6.23 Å². The molecular weight excluding hydrogens is 358 g/mol. The summed E-state index contributed by atoms with van der Waals surface area (Å²) in [4.78, 5) is 27.8. The molecule has 1 aliphatic rings. The highest BCUT2D eigenvalue weighted by Crippen LogP contribution is 2.29. The fourth-order valence-electron chi connectivity index (χ4n) is 2.27. The molecule has 2 unspecified atom stereocenters. The SMILES string of the molecule is COC(=O)C(C)(C(=O)O)c1ccc(OC2=NC(OCC(C)C)CS2)cc1. The van der Waals surface area contributed by atoms with Crippen molar-refractivity contribution in [3.05, 3.63) is 29.8 Å². The van der Waals surface area contributed by atoms with Crippen molar-refractivity contribution in [3.8, 4) is 5.75 Å². The van der Waals surface area contributed by atoms with Gasteiger partial charge < -0.3 is 19.3 Å². The Balaban J connectivity index is 2.07. The van der Waals surface area contributed by atoms with Gasteiger partial charge in [0.05, 0.1) is 13.7 Å². The number of carboxylic acid groups (broad SMARTS) is 1. The Bertz CT molecular complexity index is 687. The average Bonchev–Trinajstić information content (AvgIpc) is 3.06. The van der Waals surface area contributed by atoms with Gasteiger partial charge in [0, 0.05) is 5.75 Å². The lowest BCUT2D eigenvalue weighted by molar-refractivity contribution is -0.158. The molecule has 2 atom stereocenters. The van der Waals surface area contributed by atoms with Crippen molar-refractivity contribution in [2.24, 2.45) is 10.9 Å². The minimum absolute atomic E-state index is 0.216. The zero-order valence-electron chi connectivity index (χ0n) is 15.2. The Labute approximate surface area is 156 Å². The number of nitrogens with zero attached hydrogens (tertiary/aromatic N) is 1. The van der Waals surface area contributed by atoms with Crippen LogP contribution < -0.4 is 4.74 Å². The standard InChI is InChI=1S/C18H23NO6S/c1-11(2)9-24-14-10-26-17(19-14)25-13-7-5-12(6-8-13)18(3,15(20)21)16(22)23-4/h5-8,11,14H,9-10H2,1-4H3,(H,20,21). The third-order valence-corrected chi connectivity index (χ3v) is 4.77. The van der Waals surface area contributed by atoms with Crippen molar-refractivity contribution < 1.29 is 28.9 Å². The van der Waals surface area contributed by atoms with Gasteiger partial charge in [-0.1, -0.05) is 37.7 Å². The number of aliphatic carboxylic acids is 1. The second kappa shape index (κ2) is 8.55. The largest absolute Gasteiger partial charge is 0.480 e. The van der Waals surface area contributed by atoms with Gasteiger partial charge in [0.25, 0.3) is 5.23 Å². The van der Waals surface area contributed by atoms with Crippen molar-refractivity contribution in [1.29, 1.82) is 0 Å². The Kier molecular flexibility index (Phi) is 6.66. The third kappa shape index (κ3) is 4.56. The molecule has 1 aromatic carbocycles. The van der Waals surface area contributed by atoms with Crippen molar-refractivity contribution in [3.63, 3.8) is 0 Å². The number of methoxy groups -OCH3 is 1. The molecule has 142 valence electrons. The molecule has 1 N–H and O–H groups in total. The molecule has 0 fully saturated rings. The normalized spacial score (nSPS) is 19.0.